The maximum Gasteiger partial charge on any atom is 0.316 e. The van der Waals surface area contributed by atoms with Crippen LogP contribution in [-0.4, -0.2) is 42.7 Å². The van der Waals surface area contributed by atoms with Crippen LogP contribution in [0.2, 0.25) is 10.3 Å². The number of hydrogen-bond donors (Lipinski definition) is 1. The van der Waals surface area contributed by atoms with Crippen LogP contribution in [0.25, 0.3) is 0 Å². The van der Waals surface area contributed by atoms with Gasteiger partial charge in [-0.2, -0.15) is 13.8 Å². The van der Waals surface area contributed by atoms with Gasteiger partial charge in [0.15, 0.2) is 5.82 Å². The highest BCUT2D eigenvalue weighted by atomic mass is 35.5. The monoisotopic (exact) mass is 422 g/mol. The van der Waals surface area contributed by atoms with Crippen LogP contribution in [0.5, 0.6) is 0 Å². The van der Waals surface area contributed by atoms with E-state index in [2.05, 4.69) is 15.3 Å². The van der Waals surface area contributed by atoms with Gasteiger partial charge in [0.1, 0.15) is 12.2 Å². The molecule has 0 aliphatic rings. The molecule has 6 nitrogen and oxygen atoms in total. The molecule has 0 spiro atoms. The molecule has 1 N–H and O–H groups in total. The Balaban J connectivity index is 2.49. The molecule has 0 fully saturated rings. The van der Waals surface area contributed by atoms with E-state index in [1.54, 1.807) is 0 Å². The summed E-state index contributed by atoms with van der Waals surface area (Å²) in [7, 11) is -1.63. The number of rotatable bonds is 5. The Labute approximate surface area is 158 Å². The molecule has 0 aliphatic heterocycles. The first-order chi connectivity index (χ1) is 12.0. The van der Waals surface area contributed by atoms with Crippen molar-refractivity contribution in [2.75, 3.05) is 30.6 Å². The second-order valence-corrected chi connectivity index (χ2v) is 9.64. The van der Waals surface area contributed by atoms with Crippen molar-refractivity contribution < 1.29 is 18.1 Å². The molecule has 2 rings (SSSR count). The molecule has 0 bridgehead atoms. The van der Waals surface area contributed by atoms with E-state index in [0.717, 1.165) is 4.90 Å². The van der Waals surface area contributed by atoms with E-state index in [0.29, 0.717) is 11.0 Å². The Hall–Kier alpha value is -1.76. The highest BCUT2D eigenvalue weighted by Crippen LogP contribution is 2.40. The van der Waals surface area contributed by atoms with Crippen molar-refractivity contribution in [2.24, 2.45) is 0 Å². The lowest BCUT2D eigenvalue weighted by atomic mass is 10.2. The Bertz CT molecular complexity index is 892. The number of carbonyl (C=O) groups excluding carboxylic acids is 1. The molecular weight excluding hydrogens is 408 g/mol. The van der Waals surface area contributed by atoms with Crippen LogP contribution in [-0.2, 0) is 9.36 Å². The quantitative estimate of drug-likeness (QED) is 0.581. The van der Waals surface area contributed by atoms with Crippen LogP contribution < -0.4 is 15.5 Å². The molecule has 1 heterocycles. The van der Waals surface area contributed by atoms with E-state index in [1.807, 2.05) is 0 Å². The zero-order valence-electron chi connectivity index (χ0n) is 14.0. The first-order valence-corrected chi connectivity index (χ1v) is 10.6. The Morgan fingerprint density at radius 1 is 1.31 bits per heavy atom. The number of benzene rings is 1. The van der Waals surface area contributed by atoms with Gasteiger partial charge in [0.05, 0.1) is 11.9 Å². The SMILES string of the molecule is CN(C(=O)C(F)F)c1ccc(Nc2nc(Cl)ncc2Cl)c(P(C)(C)=O)c1. The fourth-order valence-electron chi connectivity index (χ4n) is 2.11. The van der Waals surface area contributed by atoms with Gasteiger partial charge in [-0.05, 0) is 43.1 Å². The highest BCUT2D eigenvalue weighted by molar-refractivity contribution is 7.70. The van der Waals surface area contributed by atoms with Crippen molar-refractivity contribution >= 4 is 58.7 Å². The van der Waals surface area contributed by atoms with Gasteiger partial charge in [-0.3, -0.25) is 4.79 Å². The molecule has 2 aromatic rings. The summed E-state index contributed by atoms with van der Waals surface area (Å²) < 4.78 is 38.0. The van der Waals surface area contributed by atoms with Gasteiger partial charge in [0.2, 0.25) is 5.28 Å². The molecule has 0 saturated carbocycles. The van der Waals surface area contributed by atoms with Gasteiger partial charge in [-0.25, -0.2) is 4.98 Å². The molecule has 1 aromatic heterocycles. The topological polar surface area (TPSA) is 75.2 Å². The third-order valence-corrected chi connectivity index (χ3v) is 5.42. The van der Waals surface area contributed by atoms with Crippen LogP contribution in [0.15, 0.2) is 24.4 Å². The summed E-state index contributed by atoms with van der Waals surface area (Å²) in [6, 6.07) is 4.37. The molecule has 0 radical (unpaired) electrons. The van der Waals surface area contributed by atoms with Crippen LogP contribution >= 0.6 is 30.3 Å². The summed E-state index contributed by atoms with van der Waals surface area (Å²) in [5.74, 6) is -1.16. The zero-order valence-corrected chi connectivity index (χ0v) is 16.4. The van der Waals surface area contributed by atoms with Gasteiger partial charge in [-0.15, -0.1) is 0 Å². The number of nitrogens with zero attached hydrogens (tertiary/aromatic N) is 3. The van der Waals surface area contributed by atoms with Gasteiger partial charge < -0.3 is 14.8 Å². The fraction of sp³-hybridized carbons (Fsp3) is 0.267. The summed E-state index contributed by atoms with van der Waals surface area (Å²) in [5, 5.41) is 3.41. The van der Waals surface area contributed by atoms with Crippen molar-refractivity contribution in [1.82, 2.24) is 9.97 Å². The van der Waals surface area contributed by atoms with Crippen molar-refractivity contribution in [3.63, 3.8) is 0 Å². The Morgan fingerprint density at radius 3 is 2.54 bits per heavy atom. The summed E-state index contributed by atoms with van der Waals surface area (Å²) in [4.78, 5) is 20.0. The van der Waals surface area contributed by atoms with Crippen LogP contribution in [0.1, 0.15) is 0 Å². The maximum atomic E-state index is 12.7. The minimum Gasteiger partial charge on any atom is -0.338 e. The van der Waals surface area contributed by atoms with Crippen LogP contribution in [0.4, 0.5) is 26.0 Å². The number of halogens is 4. The average molecular weight is 423 g/mol. The van der Waals surface area contributed by atoms with Crippen LogP contribution in [0, 0.1) is 0 Å². The minimum absolute atomic E-state index is 0.0338. The number of aromatic nitrogens is 2. The Morgan fingerprint density at radius 2 is 1.96 bits per heavy atom. The average Bonchev–Trinajstić information content (AvgIpc) is 2.56. The first-order valence-electron chi connectivity index (χ1n) is 7.21. The molecule has 0 atom stereocenters. The van der Waals surface area contributed by atoms with Crippen molar-refractivity contribution in [3.05, 3.63) is 34.7 Å². The lowest BCUT2D eigenvalue weighted by molar-refractivity contribution is -0.128. The fourth-order valence-corrected chi connectivity index (χ4v) is 3.54. The number of amides is 1. The second kappa shape index (κ2) is 7.86. The smallest absolute Gasteiger partial charge is 0.316 e. The van der Waals surface area contributed by atoms with Gasteiger partial charge >= 0.3 is 6.43 Å². The summed E-state index contributed by atoms with van der Waals surface area (Å²) in [6.07, 6.45) is -1.84. The number of anilines is 3. The lowest BCUT2D eigenvalue weighted by Gasteiger charge is -2.21. The summed E-state index contributed by atoms with van der Waals surface area (Å²) in [5.41, 5.74) is 0.586. The summed E-state index contributed by atoms with van der Waals surface area (Å²) >= 11 is 11.8. The third kappa shape index (κ3) is 4.69. The number of carbonyl (C=O) groups is 1. The molecule has 140 valence electrons. The molecule has 26 heavy (non-hydrogen) atoms. The molecule has 0 saturated heterocycles. The first kappa shape index (κ1) is 20.6. The lowest BCUT2D eigenvalue weighted by Crippen LogP contribution is -2.32. The van der Waals surface area contributed by atoms with E-state index in [-0.39, 0.29) is 21.8 Å². The standard InChI is InChI=1S/C15H15Cl2F2N4O2P/c1-23(14(24)12(18)19)8-4-5-10(11(6-8)26(2,3)25)21-13-9(16)7-20-15(17)22-13/h4-7,12H,1-3H3,(H,20,21,22). The van der Waals surface area contributed by atoms with Gasteiger partial charge in [0.25, 0.3) is 5.91 Å². The predicted molar refractivity (Wildman–Crippen MR) is 100 cm³/mol. The third-order valence-electron chi connectivity index (χ3n) is 3.43. The van der Waals surface area contributed by atoms with E-state index in [4.69, 9.17) is 23.2 Å². The zero-order chi connectivity index (χ0) is 19.6. The highest BCUT2D eigenvalue weighted by Gasteiger charge is 2.24. The number of alkyl halides is 2. The molecule has 11 heteroatoms. The van der Waals surface area contributed by atoms with Crippen molar-refractivity contribution in [3.8, 4) is 0 Å². The molecule has 0 aliphatic carbocycles. The van der Waals surface area contributed by atoms with Crippen LogP contribution in [0.3, 0.4) is 0 Å². The molecular formula is C15H15Cl2F2N4O2P. The largest absolute Gasteiger partial charge is 0.338 e. The number of nitrogens with one attached hydrogen (secondary N) is 1. The Kier molecular flexibility index (Phi) is 6.21. The number of hydrogen-bond acceptors (Lipinski definition) is 5. The summed E-state index contributed by atoms with van der Waals surface area (Å²) in [6.45, 7) is 3.03. The predicted octanol–water partition coefficient (Wildman–Crippen LogP) is 4.00. The molecule has 1 amide bonds. The van der Waals surface area contributed by atoms with E-state index in [9.17, 15) is 18.1 Å². The van der Waals surface area contributed by atoms with Crippen molar-refractivity contribution in [1.29, 1.82) is 0 Å². The van der Waals surface area contributed by atoms with Gasteiger partial charge in [-0.1, -0.05) is 11.6 Å². The van der Waals surface area contributed by atoms with Gasteiger partial charge in [0, 0.05) is 18.0 Å². The second-order valence-electron chi connectivity index (χ2n) is 5.71. The van der Waals surface area contributed by atoms with E-state index >= 15 is 0 Å². The minimum atomic E-state index is -3.14. The van der Waals surface area contributed by atoms with E-state index < -0.39 is 19.5 Å². The van der Waals surface area contributed by atoms with Crippen molar-refractivity contribution in [2.45, 2.75) is 6.43 Å². The van der Waals surface area contributed by atoms with E-state index in [1.165, 1.54) is 44.8 Å². The normalized spacial score (nSPS) is 11.5. The maximum absolute atomic E-state index is 12.7. The molecule has 1 aromatic carbocycles. The molecule has 0 unspecified atom stereocenters.